The van der Waals surface area contributed by atoms with Crippen LogP contribution in [-0.2, 0) is 18.9 Å². The van der Waals surface area contributed by atoms with E-state index in [4.69, 9.17) is 41.1 Å². The maximum atomic E-state index is 11.3. The van der Waals surface area contributed by atoms with Gasteiger partial charge in [-0.05, 0) is 28.5 Å². The van der Waals surface area contributed by atoms with E-state index < -0.39 is 105 Å². The van der Waals surface area contributed by atoms with E-state index in [1.807, 2.05) is 0 Å². The molecule has 0 amide bonds. The number of aliphatic hydroxyl groups excluding tert-OH is 7. The predicted molar refractivity (Wildman–Crippen MR) is 128 cm³/mol. The van der Waals surface area contributed by atoms with Crippen molar-refractivity contribution in [2.24, 2.45) is 20.5 Å². The molecule has 0 radical (unpaired) electrons. The molecule has 1 aliphatic carbocycles. The molecule has 226 valence electrons. The summed E-state index contributed by atoms with van der Waals surface area (Å²) in [5, 5.41) is 86.3. The zero-order valence-electron chi connectivity index (χ0n) is 20.9. The predicted octanol–water partition coefficient (Wildman–Crippen LogP) is -1.89. The Labute approximate surface area is 228 Å². The zero-order valence-corrected chi connectivity index (χ0v) is 20.9. The largest absolute Gasteiger partial charge is 0.394 e. The molecule has 3 aliphatic rings. The number of hydrogen-bond donors (Lipinski definition) is 7. The summed E-state index contributed by atoms with van der Waals surface area (Å²) < 4.78 is 22.2. The molecule has 0 aromatic rings. The van der Waals surface area contributed by atoms with E-state index in [9.17, 15) is 35.7 Å². The van der Waals surface area contributed by atoms with Crippen LogP contribution in [0, 0.1) is 0 Å². The summed E-state index contributed by atoms with van der Waals surface area (Å²) in [6, 6.07) is -4.13. The highest BCUT2D eigenvalue weighted by atomic mass is 16.7. The van der Waals surface area contributed by atoms with Crippen LogP contribution < -0.4 is 0 Å². The fourth-order valence-electron chi connectivity index (χ4n) is 4.84. The Morgan fingerprint density at radius 2 is 1.17 bits per heavy atom. The molecule has 0 spiro atoms. The molecule has 0 bridgehead atoms. The molecule has 23 heteroatoms. The van der Waals surface area contributed by atoms with Crippen LogP contribution in [0.25, 0.3) is 41.8 Å². The number of azide groups is 4. The highest BCUT2D eigenvalue weighted by Crippen LogP contribution is 2.35. The van der Waals surface area contributed by atoms with Gasteiger partial charge in [0, 0.05) is 19.6 Å². The summed E-state index contributed by atoms with van der Waals surface area (Å²) in [5.74, 6) is 0. The molecule has 23 nitrogen and oxygen atoms in total. The second-order valence-corrected chi connectivity index (χ2v) is 9.30. The van der Waals surface area contributed by atoms with Crippen LogP contribution in [0.3, 0.4) is 0 Å². The van der Waals surface area contributed by atoms with Gasteiger partial charge in [0.1, 0.15) is 36.6 Å². The van der Waals surface area contributed by atoms with Gasteiger partial charge < -0.3 is 54.7 Å². The Kier molecular flexibility index (Phi) is 11.5. The quantitative estimate of drug-likeness (QED) is 0.0840. The van der Waals surface area contributed by atoms with Gasteiger partial charge in [-0.1, -0.05) is 20.5 Å². The minimum absolute atomic E-state index is 0.328. The molecular weight excluding hydrogens is 560 g/mol. The van der Waals surface area contributed by atoms with Gasteiger partial charge in [-0.25, -0.2) is 0 Å². The van der Waals surface area contributed by atoms with E-state index in [1.165, 1.54) is 0 Å². The first-order valence-corrected chi connectivity index (χ1v) is 12.1. The van der Waals surface area contributed by atoms with Gasteiger partial charge in [-0.2, -0.15) is 0 Å². The van der Waals surface area contributed by atoms with Crippen molar-refractivity contribution in [2.75, 3.05) is 13.2 Å². The summed E-state index contributed by atoms with van der Waals surface area (Å²) in [4.78, 5) is 10.5. The maximum absolute atomic E-state index is 11.3. The Bertz CT molecular complexity index is 1100. The van der Waals surface area contributed by atoms with E-state index in [0.717, 1.165) is 0 Å². The van der Waals surface area contributed by atoms with Crippen molar-refractivity contribution in [3.05, 3.63) is 41.8 Å². The molecule has 3 rings (SSSR count). The van der Waals surface area contributed by atoms with E-state index in [-0.39, 0.29) is 6.42 Å². The summed E-state index contributed by atoms with van der Waals surface area (Å²) in [5.41, 5.74) is 35.6. The van der Waals surface area contributed by atoms with Crippen molar-refractivity contribution in [1.82, 2.24) is 0 Å². The minimum Gasteiger partial charge on any atom is -0.394 e. The molecule has 7 N–H and O–H groups in total. The Balaban J connectivity index is 1.91. The second-order valence-electron chi connectivity index (χ2n) is 9.30. The van der Waals surface area contributed by atoms with E-state index in [0.29, 0.717) is 0 Å². The maximum Gasteiger partial charge on any atom is 0.186 e. The smallest absolute Gasteiger partial charge is 0.186 e. The molecule has 2 saturated heterocycles. The van der Waals surface area contributed by atoms with Crippen molar-refractivity contribution in [1.29, 1.82) is 0 Å². The number of rotatable bonds is 10. The number of aliphatic hydroxyl groups is 7. The van der Waals surface area contributed by atoms with Gasteiger partial charge in [0.25, 0.3) is 0 Å². The summed E-state index contributed by atoms with van der Waals surface area (Å²) in [7, 11) is 0. The Hall–Kier alpha value is -3.20. The first-order valence-electron chi connectivity index (χ1n) is 12.1. The van der Waals surface area contributed by atoms with Gasteiger partial charge in [-0.3, -0.25) is 0 Å². The lowest BCUT2D eigenvalue weighted by Gasteiger charge is -2.47. The van der Waals surface area contributed by atoms with Crippen LogP contribution in [-0.4, -0.2) is 141 Å². The molecule has 15 atom stereocenters. The molecule has 2 heterocycles. The fourth-order valence-corrected chi connectivity index (χ4v) is 4.84. The third-order valence-electron chi connectivity index (χ3n) is 6.92. The monoisotopic (exact) mass is 588 g/mol. The van der Waals surface area contributed by atoms with Crippen molar-refractivity contribution in [3.63, 3.8) is 0 Å². The molecule has 7 unspecified atom stereocenters. The van der Waals surface area contributed by atoms with Gasteiger partial charge >= 0.3 is 0 Å². The third-order valence-corrected chi connectivity index (χ3v) is 6.92. The summed E-state index contributed by atoms with van der Waals surface area (Å²) in [6.07, 6.45) is -20.6. The SMILES string of the molecule is [N-]=[N+]=NCC1O[C@H](OC2C(N=[N+]=[N-])C[C@@H](N=[N+]=[N-])C(OC3O[C@H](CO)[C@@H](O)C(N=[N+]=[N-])[C@H]3O)[C@H]2O)C(O)[C@@H](O)[C@@H]1O. The lowest BCUT2D eigenvalue weighted by atomic mass is 9.84. The first-order chi connectivity index (χ1) is 19.6. The topological polar surface area (TPSA) is 374 Å². The van der Waals surface area contributed by atoms with E-state index in [1.54, 1.807) is 0 Å². The summed E-state index contributed by atoms with van der Waals surface area (Å²) >= 11 is 0. The molecule has 0 aromatic carbocycles. The second kappa shape index (κ2) is 14.6. The van der Waals surface area contributed by atoms with Crippen LogP contribution in [0.4, 0.5) is 0 Å². The van der Waals surface area contributed by atoms with Crippen LogP contribution in [0.1, 0.15) is 6.42 Å². The van der Waals surface area contributed by atoms with Crippen LogP contribution >= 0.6 is 0 Å². The lowest BCUT2D eigenvalue weighted by molar-refractivity contribution is -0.331. The lowest BCUT2D eigenvalue weighted by Crippen LogP contribution is -2.65. The highest BCUT2D eigenvalue weighted by Gasteiger charge is 2.53. The van der Waals surface area contributed by atoms with Crippen LogP contribution in [0.5, 0.6) is 0 Å². The minimum atomic E-state index is -1.90. The average Bonchev–Trinajstić information content (AvgIpc) is 2.95. The molecule has 3 fully saturated rings. The molecule has 41 heavy (non-hydrogen) atoms. The van der Waals surface area contributed by atoms with Crippen molar-refractivity contribution in [2.45, 2.75) is 98.2 Å². The van der Waals surface area contributed by atoms with Crippen LogP contribution in [0.15, 0.2) is 20.5 Å². The van der Waals surface area contributed by atoms with Crippen LogP contribution in [0.2, 0.25) is 0 Å². The van der Waals surface area contributed by atoms with Gasteiger partial charge in [0.15, 0.2) is 12.6 Å². The normalized spacial score (nSPS) is 44.3. The standard InChI is InChI=1S/C18H28N12O11/c19-27-23-2-6-10(33)12(35)13(36)18(38-6)41-16-5(25-29-21)1-4(24-28-20)15(14(16)37)40-17-11(34)8(26-30-22)9(32)7(3-31)39-17/h4-18,31-37H,1-3H2/t4-,5?,6?,7-,8?,9-,10-,11-,12+,13?,14-,15?,16?,17?,18-/m1/s1. The fraction of sp³-hybridized carbons (Fsp3) is 1.00. The Morgan fingerprint density at radius 1 is 0.634 bits per heavy atom. The van der Waals surface area contributed by atoms with Crippen molar-refractivity contribution < 1.29 is 54.7 Å². The van der Waals surface area contributed by atoms with E-state index >= 15 is 0 Å². The summed E-state index contributed by atoms with van der Waals surface area (Å²) in [6.45, 7) is -1.26. The van der Waals surface area contributed by atoms with Crippen molar-refractivity contribution >= 4 is 0 Å². The van der Waals surface area contributed by atoms with Crippen molar-refractivity contribution in [3.8, 4) is 0 Å². The van der Waals surface area contributed by atoms with Gasteiger partial charge in [0.2, 0.25) is 0 Å². The average molecular weight is 588 g/mol. The number of hydrogen-bond acceptors (Lipinski definition) is 15. The third kappa shape index (κ3) is 7.00. The number of ether oxygens (including phenoxy) is 4. The first kappa shape index (κ1) is 32.3. The molecule has 0 aromatic heterocycles. The highest BCUT2D eigenvalue weighted by molar-refractivity contribution is 5.04. The van der Waals surface area contributed by atoms with Gasteiger partial charge in [-0.15, -0.1) is 0 Å². The Morgan fingerprint density at radius 3 is 1.68 bits per heavy atom. The number of nitrogens with zero attached hydrogens (tertiary/aromatic N) is 12. The zero-order chi connectivity index (χ0) is 30.3. The van der Waals surface area contributed by atoms with E-state index in [2.05, 4.69) is 40.1 Å². The molecule has 2 aliphatic heterocycles. The molecule has 1 saturated carbocycles. The van der Waals surface area contributed by atoms with Gasteiger partial charge in [0.05, 0.1) is 55.7 Å². The molecular formula is C18H28N12O11.